The number of amides is 1. The van der Waals surface area contributed by atoms with Gasteiger partial charge in [0, 0.05) is 16.1 Å². The molecule has 1 aromatic rings. The van der Waals surface area contributed by atoms with Gasteiger partial charge in [0.25, 0.3) is 0 Å². The fourth-order valence-corrected chi connectivity index (χ4v) is 2.47. The molecule has 0 aliphatic rings. The van der Waals surface area contributed by atoms with Crippen molar-refractivity contribution in [2.45, 2.75) is 50.3 Å². The summed E-state index contributed by atoms with van der Waals surface area (Å²) in [6.07, 6.45) is 0. The number of benzene rings is 1. The second-order valence-corrected chi connectivity index (χ2v) is 6.85. The SMILES string of the molecule is Cc1c(N)cccc1SC(C)C(=O)NC(C)(C)C. The van der Waals surface area contributed by atoms with Crippen molar-refractivity contribution in [1.82, 2.24) is 5.32 Å². The van der Waals surface area contributed by atoms with E-state index >= 15 is 0 Å². The second kappa shape index (κ2) is 5.65. The molecule has 0 aliphatic heterocycles. The van der Waals surface area contributed by atoms with Gasteiger partial charge >= 0.3 is 0 Å². The molecule has 1 amide bonds. The molecule has 18 heavy (non-hydrogen) atoms. The Morgan fingerprint density at radius 2 is 2.00 bits per heavy atom. The Labute approximate surface area is 114 Å². The average Bonchev–Trinajstić information content (AvgIpc) is 2.22. The predicted octanol–water partition coefficient (Wildman–Crippen LogP) is 2.97. The minimum atomic E-state index is -0.198. The summed E-state index contributed by atoms with van der Waals surface area (Å²) >= 11 is 1.54. The summed E-state index contributed by atoms with van der Waals surface area (Å²) < 4.78 is 0. The molecule has 0 fully saturated rings. The van der Waals surface area contributed by atoms with Gasteiger partial charge in [-0.1, -0.05) is 6.07 Å². The Hall–Kier alpha value is -1.16. The Balaban J connectivity index is 2.73. The maximum Gasteiger partial charge on any atom is 0.233 e. The van der Waals surface area contributed by atoms with Crippen molar-refractivity contribution in [2.24, 2.45) is 0 Å². The third kappa shape index (κ3) is 4.26. The van der Waals surface area contributed by atoms with Crippen LogP contribution in [-0.2, 0) is 4.79 Å². The fraction of sp³-hybridized carbons (Fsp3) is 0.500. The zero-order valence-electron chi connectivity index (χ0n) is 11.7. The summed E-state index contributed by atoms with van der Waals surface area (Å²) in [5, 5.41) is 2.85. The standard InChI is InChI=1S/C14H22N2OS/c1-9-11(15)7-6-8-12(9)18-10(2)13(17)16-14(3,4)5/h6-8,10H,15H2,1-5H3,(H,16,17). The number of carbonyl (C=O) groups excluding carboxylic acids is 1. The minimum absolute atomic E-state index is 0.0503. The maximum atomic E-state index is 12.0. The first-order valence-electron chi connectivity index (χ1n) is 6.04. The fourth-order valence-electron chi connectivity index (χ4n) is 1.47. The lowest BCUT2D eigenvalue weighted by molar-refractivity contribution is -0.121. The monoisotopic (exact) mass is 266 g/mol. The third-order valence-electron chi connectivity index (χ3n) is 2.50. The van der Waals surface area contributed by atoms with E-state index in [1.165, 1.54) is 0 Å². The highest BCUT2D eigenvalue weighted by Gasteiger charge is 2.20. The summed E-state index contributed by atoms with van der Waals surface area (Å²) in [6, 6.07) is 5.79. The van der Waals surface area contributed by atoms with Crippen molar-refractivity contribution in [1.29, 1.82) is 0 Å². The molecular formula is C14H22N2OS. The number of hydrogen-bond donors (Lipinski definition) is 2. The van der Waals surface area contributed by atoms with E-state index in [1.807, 2.05) is 52.8 Å². The van der Waals surface area contributed by atoms with E-state index < -0.39 is 0 Å². The first-order chi connectivity index (χ1) is 8.20. The number of nitrogens with one attached hydrogen (secondary N) is 1. The van der Waals surface area contributed by atoms with Gasteiger partial charge in [0.1, 0.15) is 0 Å². The maximum absolute atomic E-state index is 12.0. The van der Waals surface area contributed by atoms with E-state index in [2.05, 4.69) is 5.32 Å². The van der Waals surface area contributed by atoms with Gasteiger partial charge in [0.05, 0.1) is 5.25 Å². The molecule has 0 saturated heterocycles. The van der Waals surface area contributed by atoms with Gasteiger partial charge in [0.15, 0.2) is 0 Å². The van der Waals surface area contributed by atoms with Crippen LogP contribution >= 0.6 is 11.8 Å². The number of carbonyl (C=O) groups is 1. The van der Waals surface area contributed by atoms with Crippen LogP contribution in [0, 0.1) is 6.92 Å². The zero-order valence-corrected chi connectivity index (χ0v) is 12.5. The Morgan fingerprint density at radius 3 is 2.56 bits per heavy atom. The number of nitrogens with two attached hydrogens (primary N) is 1. The Kier molecular flexibility index (Phi) is 4.68. The number of rotatable bonds is 3. The number of hydrogen-bond acceptors (Lipinski definition) is 3. The lowest BCUT2D eigenvalue weighted by Crippen LogP contribution is -2.44. The minimum Gasteiger partial charge on any atom is -0.398 e. The Morgan fingerprint density at radius 1 is 1.39 bits per heavy atom. The van der Waals surface area contributed by atoms with Crippen LogP contribution in [0.4, 0.5) is 5.69 Å². The van der Waals surface area contributed by atoms with Crippen LogP contribution in [0.5, 0.6) is 0 Å². The highest BCUT2D eigenvalue weighted by Crippen LogP contribution is 2.29. The molecule has 0 heterocycles. The molecule has 0 aromatic heterocycles. The Bertz CT molecular complexity index is 438. The van der Waals surface area contributed by atoms with E-state index in [9.17, 15) is 4.79 Å². The summed E-state index contributed by atoms with van der Waals surface area (Å²) in [6.45, 7) is 9.83. The molecule has 0 spiro atoms. The number of thioether (sulfide) groups is 1. The van der Waals surface area contributed by atoms with E-state index in [1.54, 1.807) is 11.8 Å². The highest BCUT2D eigenvalue weighted by molar-refractivity contribution is 8.00. The van der Waals surface area contributed by atoms with Gasteiger partial charge in [-0.25, -0.2) is 0 Å². The van der Waals surface area contributed by atoms with Gasteiger partial charge in [-0.2, -0.15) is 0 Å². The van der Waals surface area contributed by atoms with E-state index in [-0.39, 0.29) is 16.7 Å². The van der Waals surface area contributed by atoms with Gasteiger partial charge in [0.2, 0.25) is 5.91 Å². The van der Waals surface area contributed by atoms with Crippen LogP contribution in [0.1, 0.15) is 33.3 Å². The smallest absolute Gasteiger partial charge is 0.233 e. The molecule has 1 aromatic carbocycles. The molecule has 0 bridgehead atoms. The molecule has 1 atom stereocenters. The van der Waals surface area contributed by atoms with Crippen LogP contribution in [0.15, 0.2) is 23.1 Å². The van der Waals surface area contributed by atoms with Gasteiger partial charge in [-0.15, -0.1) is 11.8 Å². The van der Waals surface area contributed by atoms with Crippen LogP contribution < -0.4 is 11.1 Å². The molecule has 1 rings (SSSR count). The summed E-state index contributed by atoms with van der Waals surface area (Å²) in [4.78, 5) is 13.1. The van der Waals surface area contributed by atoms with Crippen molar-refractivity contribution < 1.29 is 4.79 Å². The van der Waals surface area contributed by atoms with Crippen molar-refractivity contribution in [3.63, 3.8) is 0 Å². The molecule has 100 valence electrons. The van der Waals surface area contributed by atoms with Crippen molar-refractivity contribution >= 4 is 23.4 Å². The van der Waals surface area contributed by atoms with Crippen LogP contribution in [0.25, 0.3) is 0 Å². The third-order valence-corrected chi connectivity index (χ3v) is 3.76. The summed E-state index contributed by atoms with van der Waals surface area (Å²) in [5.74, 6) is 0.0503. The van der Waals surface area contributed by atoms with Crippen LogP contribution in [0.2, 0.25) is 0 Å². The molecule has 0 aliphatic carbocycles. The van der Waals surface area contributed by atoms with Crippen LogP contribution in [0.3, 0.4) is 0 Å². The predicted molar refractivity (Wildman–Crippen MR) is 78.8 cm³/mol. The van der Waals surface area contributed by atoms with Gasteiger partial charge in [-0.3, -0.25) is 4.79 Å². The van der Waals surface area contributed by atoms with Crippen molar-refractivity contribution in [3.05, 3.63) is 23.8 Å². The highest BCUT2D eigenvalue weighted by atomic mass is 32.2. The van der Waals surface area contributed by atoms with Crippen molar-refractivity contribution in [3.8, 4) is 0 Å². The first kappa shape index (κ1) is 14.9. The quantitative estimate of drug-likeness (QED) is 0.653. The normalized spacial score (nSPS) is 13.2. The average molecular weight is 266 g/mol. The van der Waals surface area contributed by atoms with E-state index in [0.29, 0.717) is 0 Å². The summed E-state index contributed by atoms with van der Waals surface area (Å²) in [7, 11) is 0. The van der Waals surface area contributed by atoms with Crippen LogP contribution in [-0.4, -0.2) is 16.7 Å². The second-order valence-electron chi connectivity index (χ2n) is 5.47. The molecule has 4 heteroatoms. The molecule has 1 unspecified atom stereocenters. The molecule has 0 saturated carbocycles. The van der Waals surface area contributed by atoms with Gasteiger partial charge in [-0.05, 0) is 52.3 Å². The number of nitrogen functional groups attached to an aromatic ring is 1. The van der Waals surface area contributed by atoms with E-state index in [0.717, 1.165) is 16.1 Å². The molecular weight excluding hydrogens is 244 g/mol. The largest absolute Gasteiger partial charge is 0.398 e. The molecule has 3 N–H and O–H groups in total. The molecule has 3 nitrogen and oxygen atoms in total. The molecule has 0 radical (unpaired) electrons. The lowest BCUT2D eigenvalue weighted by Gasteiger charge is -2.23. The lowest BCUT2D eigenvalue weighted by atomic mass is 10.1. The van der Waals surface area contributed by atoms with Gasteiger partial charge < -0.3 is 11.1 Å². The topological polar surface area (TPSA) is 55.1 Å². The van der Waals surface area contributed by atoms with Crippen molar-refractivity contribution in [2.75, 3.05) is 5.73 Å². The first-order valence-corrected chi connectivity index (χ1v) is 6.92. The summed E-state index contributed by atoms with van der Waals surface area (Å²) in [5.41, 5.74) is 7.47. The van der Waals surface area contributed by atoms with E-state index in [4.69, 9.17) is 5.73 Å². The number of anilines is 1. The zero-order chi connectivity index (χ0) is 13.9.